The largest absolute Gasteiger partial charge is 0.332 e. The van der Waals surface area contributed by atoms with Crippen molar-refractivity contribution in [1.29, 1.82) is 0 Å². The van der Waals surface area contributed by atoms with Crippen LogP contribution < -0.4 is 5.32 Å². The Labute approximate surface area is 136 Å². The average molecular weight is 339 g/mol. The molecule has 2 aromatic carbocycles. The molecular weight excluding hydrogens is 326 g/mol. The van der Waals surface area contributed by atoms with E-state index in [0.717, 1.165) is 23.1 Å². The lowest BCUT2D eigenvalue weighted by atomic mass is 10.1. The Balaban J connectivity index is 2.07. The number of carbonyl (C=O) groups excluding carboxylic acids is 2. The van der Waals surface area contributed by atoms with Crippen molar-refractivity contribution in [2.75, 3.05) is 18.9 Å². The zero-order valence-corrected chi connectivity index (χ0v) is 12.9. The Bertz CT molecular complexity index is 732. The molecule has 0 spiro atoms. The highest BCUT2D eigenvalue weighted by molar-refractivity contribution is 6.33. The molecule has 4 nitrogen and oxygen atoms in total. The van der Waals surface area contributed by atoms with Gasteiger partial charge in [-0.1, -0.05) is 29.8 Å². The van der Waals surface area contributed by atoms with E-state index >= 15 is 0 Å². The summed E-state index contributed by atoms with van der Waals surface area (Å²) in [6.07, 6.45) is 0. The molecule has 0 heterocycles. The van der Waals surface area contributed by atoms with Crippen molar-refractivity contribution in [3.8, 4) is 0 Å². The fourth-order valence-corrected chi connectivity index (χ4v) is 2.12. The Kier molecular flexibility index (Phi) is 5.28. The Hall–Kier alpha value is -2.47. The number of hydrogen-bond donors (Lipinski definition) is 1. The van der Waals surface area contributed by atoms with Gasteiger partial charge in [-0.05, 0) is 24.3 Å². The minimum Gasteiger partial charge on any atom is -0.332 e. The van der Waals surface area contributed by atoms with Gasteiger partial charge in [-0.3, -0.25) is 9.59 Å². The summed E-state index contributed by atoms with van der Waals surface area (Å²) in [5.41, 5.74) is -0.308. The van der Waals surface area contributed by atoms with Gasteiger partial charge in [0, 0.05) is 7.05 Å². The summed E-state index contributed by atoms with van der Waals surface area (Å²) in [6.45, 7) is -0.377. The van der Waals surface area contributed by atoms with E-state index in [9.17, 15) is 18.4 Å². The average Bonchev–Trinajstić information content (AvgIpc) is 2.49. The first-order chi connectivity index (χ1) is 10.9. The highest BCUT2D eigenvalue weighted by Gasteiger charge is 2.22. The second kappa shape index (κ2) is 7.19. The number of para-hydroxylation sites is 1. The van der Waals surface area contributed by atoms with Crippen LogP contribution in [0.3, 0.4) is 0 Å². The predicted octanol–water partition coefficient (Wildman–Crippen LogP) is 3.33. The van der Waals surface area contributed by atoms with E-state index in [-0.39, 0.29) is 6.54 Å². The van der Waals surface area contributed by atoms with E-state index < -0.39 is 29.0 Å². The molecular formula is C16H13ClF2N2O2. The van der Waals surface area contributed by atoms with Crippen molar-refractivity contribution in [3.63, 3.8) is 0 Å². The molecule has 0 fully saturated rings. The van der Waals surface area contributed by atoms with Gasteiger partial charge in [-0.15, -0.1) is 0 Å². The fraction of sp³-hybridized carbons (Fsp3) is 0.125. The minimum absolute atomic E-state index is 0.343. The van der Waals surface area contributed by atoms with Crippen molar-refractivity contribution >= 4 is 29.1 Å². The smallest absolute Gasteiger partial charge is 0.260 e. The van der Waals surface area contributed by atoms with Gasteiger partial charge in [0.15, 0.2) is 0 Å². The molecule has 1 N–H and O–H groups in total. The van der Waals surface area contributed by atoms with Crippen LogP contribution in [0.5, 0.6) is 0 Å². The molecule has 0 radical (unpaired) electrons. The zero-order valence-electron chi connectivity index (χ0n) is 12.1. The second-order valence-corrected chi connectivity index (χ2v) is 5.19. The normalized spacial score (nSPS) is 10.3. The number of anilines is 1. The van der Waals surface area contributed by atoms with Crippen LogP contribution in [0, 0.1) is 11.6 Å². The van der Waals surface area contributed by atoms with E-state index in [1.807, 2.05) is 0 Å². The number of amides is 2. The van der Waals surface area contributed by atoms with Gasteiger partial charge < -0.3 is 10.2 Å². The van der Waals surface area contributed by atoms with Gasteiger partial charge in [-0.25, -0.2) is 8.78 Å². The highest BCUT2D eigenvalue weighted by Crippen LogP contribution is 2.20. The monoisotopic (exact) mass is 338 g/mol. The van der Waals surface area contributed by atoms with Crippen LogP contribution >= 0.6 is 11.6 Å². The molecule has 0 aliphatic rings. The van der Waals surface area contributed by atoms with E-state index in [2.05, 4.69) is 5.32 Å². The molecule has 0 saturated heterocycles. The third kappa shape index (κ3) is 4.04. The molecule has 0 bridgehead atoms. The Morgan fingerprint density at radius 2 is 1.70 bits per heavy atom. The minimum atomic E-state index is -0.978. The first-order valence-electron chi connectivity index (χ1n) is 6.64. The van der Waals surface area contributed by atoms with Gasteiger partial charge in [-0.2, -0.15) is 0 Å². The molecule has 0 aromatic heterocycles. The first-order valence-corrected chi connectivity index (χ1v) is 7.02. The van der Waals surface area contributed by atoms with Crippen LogP contribution in [0.4, 0.5) is 14.5 Å². The third-order valence-corrected chi connectivity index (χ3v) is 3.38. The number of halogens is 3. The SMILES string of the molecule is CN(CC(=O)Nc1ccccc1Cl)C(=O)c1c(F)cccc1F. The van der Waals surface area contributed by atoms with E-state index in [1.54, 1.807) is 24.3 Å². The van der Waals surface area contributed by atoms with Crippen molar-refractivity contribution in [3.05, 3.63) is 64.7 Å². The lowest BCUT2D eigenvalue weighted by molar-refractivity contribution is -0.116. The summed E-state index contributed by atoms with van der Waals surface area (Å²) < 4.78 is 27.2. The molecule has 0 unspecified atom stereocenters. The van der Waals surface area contributed by atoms with Crippen molar-refractivity contribution in [2.24, 2.45) is 0 Å². The number of hydrogen-bond acceptors (Lipinski definition) is 2. The Morgan fingerprint density at radius 1 is 1.09 bits per heavy atom. The van der Waals surface area contributed by atoms with Gasteiger partial charge in [0.05, 0.1) is 17.3 Å². The molecule has 23 heavy (non-hydrogen) atoms. The number of rotatable bonds is 4. The molecule has 2 aromatic rings. The summed E-state index contributed by atoms with van der Waals surface area (Å²) in [5, 5.41) is 2.87. The molecule has 7 heteroatoms. The summed E-state index contributed by atoms with van der Waals surface area (Å²) in [6, 6.07) is 9.70. The van der Waals surface area contributed by atoms with Gasteiger partial charge in [0.25, 0.3) is 5.91 Å². The van der Waals surface area contributed by atoms with Gasteiger partial charge >= 0.3 is 0 Å². The van der Waals surface area contributed by atoms with Crippen LogP contribution in [0.15, 0.2) is 42.5 Å². The number of benzene rings is 2. The highest BCUT2D eigenvalue weighted by atomic mass is 35.5. The van der Waals surface area contributed by atoms with E-state index in [0.29, 0.717) is 10.7 Å². The lowest BCUT2D eigenvalue weighted by Gasteiger charge is -2.17. The van der Waals surface area contributed by atoms with E-state index in [4.69, 9.17) is 11.6 Å². The lowest BCUT2D eigenvalue weighted by Crippen LogP contribution is -2.35. The Morgan fingerprint density at radius 3 is 2.30 bits per heavy atom. The van der Waals surface area contributed by atoms with Crippen molar-refractivity contribution < 1.29 is 18.4 Å². The van der Waals surface area contributed by atoms with Gasteiger partial charge in [0.2, 0.25) is 5.91 Å². The second-order valence-electron chi connectivity index (χ2n) is 4.79. The maximum atomic E-state index is 13.6. The number of nitrogens with one attached hydrogen (secondary N) is 1. The van der Waals surface area contributed by atoms with E-state index in [1.165, 1.54) is 7.05 Å². The van der Waals surface area contributed by atoms with Gasteiger partial charge in [0.1, 0.15) is 17.2 Å². The number of carbonyl (C=O) groups is 2. The summed E-state index contributed by atoms with van der Waals surface area (Å²) in [4.78, 5) is 24.9. The number of likely N-dealkylation sites (N-methyl/N-ethyl adjacent to an activating group) is 1. The van der Waals surface area contributed by atoms with Crippen LogP contribution in [-0.4, -0.2) is 30.3 Å². The molecule has 0 saturated carbocycles. The standard InChI is InChI=1S/C16H13ClF2N2O2/c1-21(16(23)15-11(18)6-4-7-12(15)19)9-14(22)20-13-8-3-2-5-10(13)17/h2-8H,9H2,1H3,(H,20,22). The van der Waals surface area contributed by atoms with Crippen molar-refractivity contribution in [1.82, 2.24) is 4.90 Å². The molecule has 2 amide bonds. The van der Waals surface area contributed by atoms with Crippen molar-refractivity contribution in [2.45, 2.75) is 0 Å². The maximum Gasteiger partial charge on any atom is 0.260 e. The van der Waals surface area contributed by atoms with Crippen LogP contribution in [0.1, 0.15) is 10.4 Å². The number of nitrogens with zero attached hydrogens (tertiary/aromatic N) is 1. The fourth-order valence-electron chi connectivity index (χ4n) is 1.93. The topological polar surface area (TPSA) is 49.4 Å². The maximum absolute atomic E-state index is 13.6. The molecule has 2 rings (SSSR count). The predicted molar refractivity (Wildman–Crippen MR) is 83.4 cm³/mol. The summed E-state index contributed by atoms with van der Waals surface area (Å²) in [7, 11) is 1.28. The summed E-state index contributed by atoms with van der Waals surface area (Å²) in [5.74, 6) is -3.41. The van der Waals surface area contributed by atoms with Crippen LogP contribution in [0.2, 0.25) is 5.02 Å². The van der Waals surface area contributed by atoms with Crippen LogP contribution in [-0.2, 0) is 4.79 Å². The molecule has 0 aliphatic heterocycles. The third-order valence-electron chi connectivity index (χ3n) is 3.05. The molecule has 0 atom stereocenters. The zero-order chi connectivity index (χ0) is 17.0. The first kappa shape index (κ1) is 16.9. The molecule has 0 aliphatic carbocycles. The molecule has 120 valence electrons. The quantitative estimate of drug-likeness (QED) is 0.929. The van der Waals surface area contributed by atoms with Crippen LogP contribution in [0.25, 0.3) is 0 Å². The summed E-state index contributed by atoms with van der Waals surface area (Å²) >= 11 is 5.91.